The monoisotopic (exact) mass is 500 g/mol. The highest BCUT2D eigenvalue weighted by molar-refractivity contribution is 6.39. The fourth-order valence-electron chi connectivity index (χ4n) is 4.77. The number of ether oxygens (including phenoxy) is 1. The Balaban J connectivity index is 1.46. The topological polar surface area (TPSA) is 110 Å². The molecule has 2 aliphatic heterocycles. The summed E-state index contributed by atoms with van der Waals surface area (Å²) in [7, 11) is 0. The predicted octanol–water partition coefficient (Wildman–Crippen LogP) is 3.22. The van der Waals surface area contributed by atoms with E-state index in [4.69, 9.17) is 4.74 Å². The quantitative estimate of drug-likeness (QED) is 0.399. The highest BCUT2D eigenvalue weighted by Crippen LogP contribution is 2.29. The van der Waals surface area contributed by atoms with E-state index in [9.17, 15) is 19.2 Å². The van der Waals surface area contributed by atoms with E-state index in [2.05, 4.69) is 10.6 Å². The van der Waals surface area contributed by atoms with Gasteiger partial charge in [-0.05, 0) is 56.0 Å². The number of hydrogen-bond acceptors (Lipinski definition) is 5. The summed E-state index contributed by atoms with van der Waals surface area (Å²) in [5, 5.41) is 5.98. The van der Waals surface area contributed by atoms with Crippen molar-refractivity contribution in [1.82, 2.24) is 15.2 Å². The Morgan fingerprint density at radius 2 is 1.95 bits per heavy atom. The number of barbiturate groups is 1. The van der Waals surface area contributed by atoms with Crippen molar-refractivity contribution >= 4 is 46.4 Å². The Morgan fingerprint density at radius 1 is 1.14 bits per heavy atom. The molecule has 2 N–H and O–H groups in total. The lowest BCUT2D eigenvalue weighted by atomic mass is 10.0. The fraction of sp³-hybridized carbons (Fsp3) is 0.286. The number of hydrogen-bond donors (Lipinski definition) is 2. The van der Waals surface area contributed by atoms with Gasteiger partial charge in [0.25, 0.3) is 11.8 Å². The van der Waals surface area contributed by atoms with Gasteiger partial charge in [-0.25, -0.2) is 9.69 Å². The lowest BCUT2D eigenvalue weighted by Gasteiger charge is -2.28. The summed E-state index contributed by atoms with van der Waals surface area (Å²) in [6.45, 7) is 4.97. The molecule has 0 radical (unpaired) electrons. The van der Waals surface area contributed by atoms with Crippen molar-refractivity contribution in [3.63, 3.8) is 0 Å². The van der Waals surface area contributed by atoms with Crippen molar-refractivity contribution in [1.29, 1.82) is 0 Å². The average molecular weight is 501 g/mol. The number of benzene rings is 2. The Labute approximate surface area is 214 Å². The molecular formula is C28H28N4O5. The van der Waals surface area contributed by atoms with Crippen LogP contribution >= 0.6 is 0 Å². The van der Waals surface area contributed by atoms with Gasteiger partial charge in [-0.15, -0.1) is 0 Å². The first-order chi connectivity index (χ1) is 17.8. The van der Waals surface area contributed by atoms with Gasteiger partial charge in [0.1, 0.15) is 12.1 Å². The van der Waals surface area contributed by atoms with Crippen molar-refractivity contribution in [3.05, 3.63) is 70.9 Å². The summed E-state index contributed by atoms with van der Waals surface area (Å²) in [5.74, 6) is -1.62. The molecule has 2 fully saturated rings. The third-order valence-electron chi connectivity index (χ3n) is 6.90. The van der Waals surface area contributed by atoms with E-state index >= 15 is 0 Å². The largest absolute Gasteiger partial charge is 0.376 e. The number of imide groups is 2. The number of rotatable bonds is 6. The molecule has 190 valence electrons. The van der Waals surface area contributed by atoms with Gasteiger partial charge < -0.3 is 14.6 Å². The van der Waals surface area contributed by atoms with Crippen molar-refractivity contribution in [2.24, 2.45) is 0 Å². The molecular weight excluding hydrogens is 472 g/mol. The van der Waals surface area contributed by atoms with E-state index in [1.807, 2.05) is 44.2 Å². The Kier molecular flexibility index (Phi) is 6.62. The van der Waals surface area contributed by atoms with Crippen molar-refractivity contribution < 1.29 is 23.9 Å². The van der Waals surface area contributed by atoms with Gasteiger partial charge in [-0.2, -0.15) is 0 Å². The van der Waals surface area contributed by atoms with Crippen LogP contribution in [0, 0.1) is 13.8 Å². The predicted molar refractivity (Wildman–Crippen MR) is 139 cm³/mol. The number of carbonyl (C=O) groups excluding carboxylic acids is 4. The van der Waals surface area contributed by atoms with E-state index in [0.717, 1.165) is 46.4 Å². The Bertz CT molecular complexity index is 1450. The van der Waals surface area contributed by atoms with E-state index in [0.29, 0.717) is 17.8 Å². The van der Waals surface area contributed by atoms with Gasteiger partial charge in [0, 0.05) is 35.8 Å². The molecule has 0 aliphatic carbocycles. The molecule has 5 rings (SSSR count). The summed E-state index contributed by atoms with van der Waals surface area (Å²) < 4.78 is 7.35. The van der Waals surface area contributed by atoms with E-state index < -0.39 is 17.8 Å². The lowest BCUT2D eigenvalue weighted by molar-refractivity contribution is -0.123. The third kappa shape index (κ3) is 4.77. The minimum Gasteiger partial charge on any atom is -0.376 e. The zero-order chi connectivity index (χ0) is 26.1. The molecule has 9 nitrogen and oxygen atoms in total. The molecule has 2 saturated heterocycles. The highest BCUT2D eigenvalue weighted by atomic mass is 16.5. The van der Waals surface area contributed by atoms with Gasteiger partial charge in [-0.1, -0.05) is 30.3 Å². The number of urea groups is 1. The standard InChI is InChI=1S/C28H28N4O5/c1-17-7-5-11-23(18(17)2)32-27(35)22(26(34)30-28(32)36)13-19-15-31(24-10-4-3-9-21(19)24)16-25(33)29-14-20-8-6-12-37-20/h3-5,7,9-11,13,15,20H,6,8,12,14,16H2,1-2H3,(H,29,33)(H,30,34,36)/b22-13+. The smallest absolute Gasteiger partial charge is 0.335 e. The van der Waals surface area contributed by atoms with Gasteiger partial charge in [0.15, 0.2) is 0 Å². The molecule has 0 spiro atoms. The van der Waals surface area contributed by atoms with Crippen LogP contribution in [0.2, 0.25) is 0 Å². The first-order valence-corrected chi connectivity index (χ1v) is 12.3. The van der Waals surface area contributed by atoms with Gasteiger partial charge in [0.2, 0.25) is 5.91 Å². The van der Waals surface area contributed by atoms with Crippen molar-refractivity contribution in [3.8, 4) is 0 Å². The minimum absolute atomic E-state index is 0.0455. The van der Waals surface area contributed by atoms with Crippen LogP contribution < -0.4 is 15.5 Å². The normalized spacial score (nSPS) is 19.1. The second-order valence-corrected chi connectivity index (χ2v) is 9.35. The molecule has 1 atom stereocenters. The number of nitrogens with zero attached hydrogens (tertiary/aromatic N) is 2. The molecule has 5 amide bonds. The van der Waals surface area contributed by atoms with Crippen LogP contribution in [0.4, 0.5) is 10.5 Å². The minimum atomic E-state index is -0.786. The van der Waals surface area contributed by atoms with Crippen LogP contribution in [0.3, 0.4) is 0 Å². The first kappa shape index (κ1) is 24.5. The molecule has 3 aromatic rings. The number of anilines is 1. The number of carbonyl (C=O) groups is 4. The maximum absolute atomic E-state index is 13.4. The lowest BCUT2D eigenvalue weighted by Crippen LogP contribution is -2.54. The second-order valence-electron chi connectivity index (χ2n) is 9.35. The van der Waals surface area contributed by atoms with E-state index in [1.165, 1.54) is 6.08 Å². The molecule has 2 aromatic carbocycles. The van der Waals surface area contributed by atoms with Crippen molar-refractivity contribution in [2.45, 2.75) is 39.3 Å². The number of fused-ring (bicyclic) bond motifs is 1. The Hall–Kier alpha value is -4.24. The second kappa shape index (κ2) is 10.0. The number of para-hydroxylation sites is 1. The maximum Gasteiger partial charge on any atom is 0.335 e. The number of amides is 5. The van der Waals surface area contributed by atoms with Crippen LogP contribution in [0.5, 0.6) is 0 Å². The summed E-state index contributed by atoms with van der Waals surface area (Å²) in [4.78, 5) is 52.5. The van der Waals surface area contributed by atoms with Gasteiger partial charge in [0.05, 0.1) is 11.8 Å². The molecule has 1 unspecified atom stereocenters. The van der Waals surface area contributed by atoms with E-state index in [-0.39, 0.29) is 24.1 Å². The molecule has 37 heavy (non-hydrogen) atoms. The third-order valence-corrected chi connectivity index (χ3v) is 6.90. The van der Waals surface area contributed by atoms with Crippen LogP contribution in [0.25, 0.3) is 17.0 Å². The van der Waals surface area contributed by atoms with Gasteiger partial charge in [-0.3, -0.25) is 19.7 Å². The summed E-state index contributed by atoms with van der Waals surface area (Å²) >= 11 is 0. The van der Waals surface area contributed by atoms with Crippen LogP contribution in [0.15, 0.2) is 54.2 Å². The van der Waals surface area contributed by atoms with Crippen LogP contribution in [-0.2, 0) is 25.7 Å². The first-order valence-electron chi connectivity index (χ1n) is 12.3. The molecule has 2 aliphatic rings. The zero-order valence-electron chi connectivity index (χ0n) is 20.7. The number of aromatic nitrogens is 1. The summed E-state index contributed by atoms with van der Waals surface area (Å²) in [6, 6.07) is 12.0. The number of aryl methyl sites for hydroxylation is 1. The van der Waals surface area contributed by atoms with Crippen molar-refractivity contribution in [2.75, 3.05) is 18.1 Å². The molecule has 0 bridgehead atoms. The van der Waals surface area contributed by atoms with Crippen LogP contribution in [0.1, 0.15) is 29.5 Å². The number of nitrogens with one attached hydrogen (secondary N) is 2. The Morgan fingerprint density at radius 3 is 2.73 bits per heavy atom. The average Bonchev–Trinajstić information content (AvgIpc) is 3.51. The highest BCUT2D eigenvalue weighted by Gasteiger charge is 2.37. The molecule has 9 heteroatoms. The summed E-state index contributed by atoms with van der Waals surface area (Å²) in [5.41, 5.74) is 3.33. The SMILES string of the molecule is Cc1cccc(N2C(=O)NC(=O)/C(=C\c3cn(CC(=O)NCC4CCCO4)c4ccccc34)C2=O)c1C. The van der Waals surface area contributed by atoms with E-state index in [1.54, 1.807) is 22.9 Å². The van der Waals surface area contributed by atoms with Crippen LogP contribution in [-0.4, -0.2) is 47.6 Å². The molecule has 3 heterocycles. The molecule has 1 aromatic heterocycles. The molecule has 0 saturated carbocycles. The fourth-order valence-corrected chi connectivity index (χ4v) is 4.77. The zero-order valence-corrected chi connectivity index (χ0v) is 20.7. The van der Waals surface area contributed by atoms with Gasteiger partial charge >= 0.3 is 6.03 Å². The summed E-state index contributed by atoms with van der Waals surface area (Å²) in [6.07, 6.45) is 5.19. The maximum atomic E-state index is 13.4.